The third kappa shape index (κ3) is 4.68. The standard InChI is InChI=1S/C20H22BrN3O4S/c1-23(2)29(26,27)15-8-9-18-17(12-15)22-19(24(18)3)10-11-20(25)28-13-14-6-4-5-7-16(14)21/h4-9,12H,10-11,13H2,1-3H3. The van der Waals surface area contributed by atoms with Crippen molar-refractivity contribution in [1.29, 1.82) is 0 Å². The Kier molecular flexibility index (Phi) is 6.40. The number of rotatable bonds is 7. The zero-order chi connectivity index (χ0) is 21.2. The van der Waals surface area contributed by atoms with Crippen LogP contribution in [0.15, 0.2) is 51.8 Å². The molecule has 0 aliphatic heterocycles. The topological polar surface area (TPSA) is 81.5 Å². The molecule has 0 radical (unpaired) electrons. The van der Waals surface area contributed by atoms with Gasteiger partial charge in [0.1, 0.15) is 12.4 Å². The predicted molar refractivity (Wildman–Crippen MR) is 114 cm³/mol. The number of imidazole rings is 1. The molecular weight excluding hydrogens is 458 g/mol. The highest BCUT2D eigenvalue weighted by Crippen LogP contribution is 2.22. The Bertz CT molecular complexity index is 1160. The summed E-state index contributed by atoms with van der Waals surface area (Å²) in [7, 11) is 1.29. The molecule has 3 rings (SSSR count). The van der Waals surface area contributed by atoms with E-state index >= 15 is 0 Å². The highest BCUT2D eigenvalue weighted by Gasteiger charge is 2.19. The molecule has 0 atom stereocenters. The molecule has 154 valence electrons. The number of carbonyl (C=O) groups is 1. The van der Waals surface area contributed by atoms with Crippen molar-refractivity contribution < 1.29 is 17.9 Å². The highest BCUT2D eigenvalue weighted by atomic mass is 79.9. The Balaban J connectivity index is 1.69. The number of ether oxygens (including phenoxy) is 1. The molecule has 0 aliphatic rings. The summed E-state index contributed by atoms with van der Waals surface area (Å²) in [5.41, 5.74) is 2.28. The summed E-state index contributed by atoms with van der Waals surface area (Å²) in [6.45, 7) is 0.203. The number of sulfonamides is 1. The average Bonchev–Trinajstić information content (AvgIpc) is 3.00. The summed E-state index contributed by atoms with van der Waals surface area (Å²) in [5, 5.41) is 0. The molecule has 0 unspecified atom stereocenters. The maximum atomic E-state index is 12.3. The van der Waals surface area contributed by atoms with Crippen molar-refractivity contribution in [2.24, 2.45) is 7.05 Å². The molecule has 1 heterocycles. The lowest BCUT2D eigenvalue weighted by Crippen LogP contribution is -2.22. The third-order valence-corrected chi connectivity index (χ3v) is 7.21. The summed E-state index contributed by atoms with van der Waals surface area (Å²) in [5.74, 6) is 0.376. The lowest BCUT2D eigenvalue weighted by molar-refractivity contribution is -0.144. The van der Waals surface area contributed by atoms with Gasteiger partial charge in [0.2, 0.25) is 10.0 Å². The number of benzene rings is 2. The lowest BCUT2D eigenvalue weighted by Gasteiger charge is -2.10. The van der Waals surface area contributed by atoms with Gasteiger partial charge in [-0.3, -0.25) is 4.79 Å². The number of hydrogen-bond acceptors (Lipinski definition) is 5. The fraction of sp³-hybridized carbons (Fsp3) is 0.300. The Hall–Kier alpha value is -2.23. The van der Waals surface area contributed by atoms with Gasteiger partial charge in [0.05, 0.1) is 22.3 Å². The van der Waals surface area contributed by atoms with Gasteiger partial charge in [0, 0.05) is 37.6 Å². The molecule has 2 aromatic carbocycles. The van der Waals surface area contributed by atoms with Gasteiger partial charge in [-0.15, -0.1) is 0 Å². The summed E-state index contributed by atoms with van der Waals surface area (Å²) < 4.78 is 33.9. The number of halogens is 1. The first-order chi connectivity index (χ1) is 13.7. The monoisotopic (exact) mass is 479 g/mol. The smallest absolute Gasteiger partial charge is 0.306 e. The molecule has 0 saturated carbocycles. The first kappa shape index (κ1) is 21.5. The van der Waals surface area contributed by atoms with E-state index in [0.717, 1.165) is 15.6 Å². The van der Waals surface area contributed by atoms with Gasteiger partial charge < -0.3 is 9.30 Å². The summed E-state index contributed by atoms with van der Waals surface area (Å²) >= 11 is 3.43. The van der Waals surface area contributed by atoms with Crippen molar-refractivity contribution in [3.05, 3.63) is 58.3 Å². The Morgan fingerprint density at radius 1 is 1.21 bits per heavy atom. The van der Waals surface area contributed by atoms with E-state index in [4.69, 9.17) is 4.74 Å². The third-order valence-electron chi connectivity index (χ3n) is 4.62. The van der Waals surface area contributed by atoms with Gasteiger partial charge in [-0.05, 0) is 24.3 Å². The van der Waals surface area contributed by atoms with Crippen molar-refractivity contribution in [3.63, 3.8) is 0 Å². The molecule has 3 aromatic rings. The van der Waals surface area contributed by atoms with Crippen molar-refractivity contribution in [1.82, 2.24) is 13.9 Å². The van der Waals surface area contributed by atoms with Crippen LogP contribution in [-0.4, -0.2) is 42.3 Å². The number of hydrogen-bond donors (Lipinski definition) is 0. The second kappa shape index (κ2) is 8.64. The van der Waals surface area contributed by atoms with Crippen LogP contribution in [0, 0.1) is 0 Å². The lowest BCUT2D eigenvalue weighted by atomic mass is 10.2. The molecule has 0 fully saturated rings. The zero-order valence-corrected chi connectivity index (χ0v) is 18.8. The Morgan fingerprint density at radius 2 is 1.93 bits per heavy atom. The van der Waals surface area contributed by atoms with E-state index in [0.29, 0.717) is 17.8 Å². The first-order valence-electron chi connectivity index (χ1n) is 8.97. The van der Waals surface area contributed by atoms with Crippen molar-refractivity contribution >= 4 is 43.0 Å². The predicted octanol–water partition coefficient (Wildman–Crippen LogP) is 3.26. The minimum atomic E-state index is -3.53. The van der Waals surface area contributed by atoms with E-state index in [-0.39, 0.29) is 23.9 Å². The van der Waals surface area contributed by atoms with Crippen LogP contribution in [0.25, 0.3) is 11.0 Å². The number of nitrogens with zero attached hydrogens (tertiary/aromatic N) is 3. The second-order valence-corrected chi connectivity index (χ2v) is 9.78. The minimum Gasteiger partial charge on any atom is -0.461 e. The van der Waals surface area contributed by atoms with Crippen LogP contribution in [0.3, 0.4) is 0 Å². The molecule has 1 aromatic heterocycles. The van der Waals surface area contributed by atoms with Gasteiger partial charge in [-0.1, -0.05) is 34.1 Å². The van der Waals surface area contributed by atoms with Gasteiger partial charge in [-0.25, -0.2) is 17.7 Å². The fourth-order valence-electron chi connectivity index (χ4n) is 2.88. The van der Waals surface area contributed by atoms with Crippen LogP contribution in [0.4, 0.5) is 0 Å². The van der Waals surface area contributed by atoms with Crippen LogP contribution in [0.5, 0.6) is 0 Å². The van der Waals surface area contributed by atoms with E-state index in [1.165, 1.54) is 18.4 Å². The van der Waals surface area contributed by atoms with Crippen LogP contribution in [0.2, 0.25) is 0 Å². The maximum Gasteiger partial charge on any atom is 0.306 e. The van der Waals surface area contributed by atoms with Crippen LogP contribution in [0.1, 0.15) is 17.8 Å². The SMILES string of the molecule is CN(C)S(=O)(=O)c1ccc2c(c1)nc(CCC(=O)OCc1ccccc1Br)n2C. The molecule has 0 spiro atoms. The van der Waals surface area contributed by atoms with Crippen molar-refractivity contribution in [2.75, 3.05) is 14.1 Å². The molecule has 7 nitrogen and oxygen atoms in total. The van der Waals surface area contributed by atoms with Crippen LogP contribution < -0.4 is 0 Å². The molecule has 0 saturated heterocycles. The van der Waals surface area contributed by atoms with Gasteiger partial charge in [0.25, 0.3) is 0 Å². The molecule has 0 aliphatic carbocycles. The van der Waals surface area contributed by atoms with E-state index in [9.17, 15) is 13.2 Å². The fourth-order valence-corrected chi connectivity index (χ4v) is 4.21. The van der Waals surface area contributed by atoms with E-state index < -0.39 is 10.0 Å². The Labute approximate surface area is 178 Å². The maximum absolute atomic E-state index is 12.3. The van der Waals surface area contributed by atoms with Gasteiger partial charge in [-0.2, -0.15) is 0 Å². The van der Waals surface area contributed by atoms with E-state index in [2.05, 4.69) is 20.9 Å². The normalized spacial score (nSPS) is 11.9. The first-order valence-corrected chi connectivity index (χ1v) is 11.2. The van der Waals surface area contributed by atoms with Crippen molar-refractivity contribution in [2.45, 2.75) is 24.3 Å². The van der Waals surface area contributed by atoms with Gasteiger partial charge >= 0.3 is 5.97 Å². The molecule has 9 heteroatoms. The summed E-state index contributed by atoms with van der Waals surface area (Å²) in [6.07, 6.45) is 0.584. The van der Waals surface area contributed by atoms with Crippen LogP contribution >= 0.6 is 15.9 Å². The number of esters is 1. The van der Waals surface area contributed by atoms with Crippen LogP contribution in [-0.2, 0) is 39.6 Å². The van der Waals surface area contributed by atoms with E-state index in [1.54, 1.807) is 18.2 Å². The molecule has 0 bridgehead atoms. The largest absolute Gasteiger partial charge is 0.461 e. The summed E-state index contributed by atoms with van der Waals surface area (Å²) in [4.78, 5) is 16.8. The van der Waals surface area contributed by atoms with Gasteiger partial charge in [0.15, 0.2) is 0 Å². The quantitative estimate of drug-likeness (QED) is 0.485. The number of fused-ring (bicyclic) bond motifs is 1. The second-order valence-electron chi connectivity index (χ2n) is 6.78. The highest BCUT2D eigenvalue weighted by molar-refractivity contribution is 9.10. The van der Waals surface area contributed by atoms with E-state index in [1.807, 2.05) is 35.9 Å². The van der Waals surface area contributed by atoms with Crippen molar-refractivity contribution in [3.8, 4) is 0 Å². The number of aryl methyl sites for hydroxylation is 2. The number of carbonyl (C=O) groups excluding carboxylic acids is 1. The molecular formula is C20H22BrN3O4S. The zero-order valence-electron chi connectivity index (χ0n) is 16.4. The molecule has 0 amide bonds. The number of aromatic nitrogens is 2. The molecule has 29 heavy (non-hydrogen) atoms. The Morgan fingerprint density at radius 3 is 2.62 bits per heavy atom. The molecule has 0 N–H and O–H groups in total. The summed E-state index contributed by atoms with van der Waals surface area (Å²) in [6, 6.07) is 12.4. The average molecular weight is 480 g/mol. The minimum absolute atomic E-state index is 0.185.